The van der Waals surface area contributed by atoms with Crippen LogP contribution in [0.5, 0.6) is 0 Å². The number of nitrogens with zero attached hydrogens (tertiary/aromatic N) is 3. The van der Waals surface area contributed by atoms with Crippen molar-refractivity contribution in [3.8, 4) is 6.07 Å². The molecule has 0 saturated carbocycles. The number of hydrogen-bond acceptors (Lipinski definition) is 3. The molecule has 4 heteroatoms. The number of aryl methyl sites for hydroxylation is 1. The van der Waals surface area contributed by atoms with Crippen LogP contribution in [-0.4, -0.2) is 9.78 Å². The first-order chi connectivity index (χ1) is 5.16. The van der Waals surface area contributed by atoms with Gasteiger partial charge in [0.25, 0.3) is 0 Å². The minimum Gasteiger partial charge on any atom is -0.312 e. The molecular weight excluding hydrogens is 140 g/mol. The molecule has 1 aromatic rings. The van der Waals surface area contributed by atoms with Gasteiger partial charge in [-0.25, -0.2) is 0 Å². The second-order valence-corrected chi connectivity index (χ2v) is 2.42. The fourth-order valence-electron chi connectivity index (χ4n) is 0.891. The fraction of sp³-hybridized carbons (Fsp3) is 0.429. The monoisotopic (exact) mass is 150 g/mol. The predicted octanol–water partition coefficient (Wildman–Crippen LogP) is 0.252. The molecule has 1 aromatic heterocycles. The minimum absolute atomic E-state index is 0.552. The van der Waals surface area contributed by atoms with Crippen LogP contribution in [0.1, 0.15) is 17.3 Å². The molecule has 1 rings (SSSR count). The Morgan fingerprint density at radius 1 is 1.82 bits per heavy atom. The summed E-state index contributed by atoms with van der Waals surface area (Å²) >= 11 is 0. The Kier molecular flexibility index (Phi) is 1.92. The molecule has 0 aliphatic carbocycles. The molecule has 0 fully saturated rings. The molecule has 1 atom stereocenters. The molecule has 1 heterocycles. The lowest BCUT2D eigenvalue weighted by atomic mass is 10.1. The Morgan fingerprint density at radius 2 is 2.45 bits per heavy atom. The molecule has 0 aliphatic rings. The van der Waals surface area contributed by atoms with Crippen LogP contribution < -0.4 is 5.73 Å². The topological polar surface area (TPSA) is 67.6 Å². The van der Waals surface area contributed by atoms with Gasteiger partial charge in [0, 0.05) is 18.3 Å². The van der Waals surface area contributed by atoms with Crippen molar-refractivity contribution in [1.82, 2.24) is 9.78 Å². The molecule has 11 heavy (non-hydrogen) atoms. The van der Waals surface area contributed by atoms with Crippen molar-refractivity contribution >= 4 is 0 Å². The molecule has 0 aromatic carbocycles. The van der Waals surface area contributed by atoms with Crippen molar-refractivity contribution in [2.75, 3.05) is 0 Å². The van der Waals surface area contributed by atoms with E-state index >= 15 is 0 Å². The van der Waals surface area contributed by atoms with Crippen LogP contribution >= 0.6 is 0 Å². The normalized spacial score (nSPS) is 12.5. The first-order valence-electron chi connectivity index (χ1n) is 3.30. The van der Waals surface area contributed by atoms with E-state index in [1.54, 1.807) is 10.9 Å². The Bertz CT molecular complexity index is 294. The van der Waals surface area contributed by atoms with Crippen molar-refractivity contribution in [2.24, 2.45) is 12.8 Å². The summed E-state index contributed by atoms with van der Waals surface area (Å²) in [6.45, 7) is 1.89. The summed E-state index contributed by atoms with van der Waals surface area (Å²) in [4.78, 5) is 0. The first-order valence-corrected chi connectivity index (χ1v) is 3.30. The van der Waals surface area contributed by atoms with Gasteiger partial charge in [0.2, 0.25) is 0 Å². The van der Waals surface area contributed by atoms with Gasteiger partial charge in [0.15, 0.2) is 0 Å². The summed E-state index contributed by atoms with van der Waals surface area (Å²) in [6, 6.07) is 1.41. The summed E-state index contributed by atoms with van der Waals surface area (Å²) < 4.78 is 1.70. The standard InChI is InChI=1S/C7H10N4/c1-5-6(7(9)3-8)4-10-11(5)2/h4,7H,9H2,1-2H3. The van der Waals surface area contributed by atoms with E-state index in [1.807, 2.05) is 20.0 Å². The number of nitrogens with two attached hydrogens (primary N) is 1. The highest BCUT2D eigenvalue weighted by Gasteiger charge is 2.10. The van der Waals surface area contributed by atoms with Crippen molar-refractivity contribution in [3.63, 3.8) is 0 Å². The third-order valence-corrected chi connectivity index (χ3v) is 1.75. The molecule has 0 aliphatic heterocycles. The van der Waals surface area contributed by atoms with E-state index in [2.05, 4.69) is 5.10 Å². The zero-order valence-corrected chi connectivity index (χ0v) is 6.57. The fourth-order valence-corrected chi connectivity index (χ4v) is 0.891. The summed E-state index contributed by atoms with van der Waals surface area (Å²) in [5, 5.41) is 12.5. The molecule has 0 saturated heterocycles. The smallest absolute Gasteiger partial charge is 0.122 e. The first kappa shape index (κ1) is 7.76. The number of nitriles is 1. The maximum absolute atomic E-state index is 8.51. The quantitative estimate of drug-likeness (QED) is 0.624. The summed E-state index contributed by atoms with van der Waals surface area (Å²) in [6.07, 6.45) is 1.63. The summed E-state index contributed by atoms with van der Waals surface area (Å²) in [7, 11) is 1.82. The van der Waals surface area contributed by atoms with E-state index in [1.165, 1.54) is 0 Å². The molecule has 58 valence electrons. The van der Waals surface area contributed by atoms with Crippen molar-refractivity contribution < 1.29 is 0 Å². The van der Waals surface area contributed by atoms with Crippen LogP contribution in [0.4, 0.5) is 0 Å². The number of hydrogen-bond donors (Lipinski definition) is 1. The van der Waals surface area contributed by atoms with Crippen LogP contribution in [0.2, 0.25) is 0 Å². The van der Waals surface area contributed by atoms with E-state index in [9.17, 15) is 0 Å². The van der Waals surface area contributed by atoms with Gasteiger partial charge in [-0.3, -0.25) is 4.68 Å². The zero-order valence-electron chi connectivity index (χ0n) is 6.57. The number of aromatic nitrogens is 2. The summed E-state index contributed by atoms with van der Waals surface area (Å²) in [5.74, 6) is 0. The van der Waals surface area contributed by atoms with Crippen LogP contribution in [-0.2, 0) is 7.05 Å². The van der Waals surface area contributed by atoms with Crippen LogP contribution in [0.15, 0.2) is 6.20 Å². The minimum atomic E-state index is -0.552. The van der Waals surface area contributed by atoms with Gasteiger partial charge in [0.1, 0.15) is 6.04 Å². The van der Waals surface area contributed by atoms with Crippen molar-refractivity contribution in [2.45, 2.75) is 13.0 Å². The Hall–Kier alpha value is -1.34. The molecule has 4 nitrogen and oxygen atoms in total. The van der Waals surface area contributed by atoms with Crippen LogP contribution in [0.25, 0.3) is 0 Å². The van der Waals surface area contributed by atoms with Gasteiger partial charge in [-0.15, -0.1) is 0 Å². The second-order valence-electron chi connectivity index (χ2n) is 2.42. The number of rotatable bonds is 1. The highest BCUT2D eigenvalue weighted by molar-refractivity contribution is 5.24. The van der Waals surface area contributed by atoms with E-state index in [-0.39, 0.29) is 0 Å². The van der Waals surface area contributed by atoms with Gasteiger partial charge in [-0.05, 0) is 6.92 Å². The van der Waals surface area contributed by atoms with Gasteiger partial charge < -0.3 is 5.73 Å². The molecule has 0 bridgehead atoms. The van der Waals surface area contributed by atoms with Crippen LogP contribution in [0.3, 0.4) is 0 Å². The third-order valence-electron chi connectivity index (χ3n) is 1.75. The highest BCUT2D eigenvalue weighted by atomic mass is 15.3. The highest BCUT2D eigenvalue weighted by Crippen LogP contribution is 2.12. The van der Waals surface area contributed by atoms with E-state index < -0.39 is 6.04 Å². The predicted molar refractivity (Wildman–Crippen MR) is 40.5 cm³/mol. The summed E-state index contributed by atoms with van der Waals surface area (Å²) in [5.41, 5.74) is 7.24. The SMILES string of the molecule is Cc1c(C(N)C#N)cnn1C. The van der Waals surface area contributed by atoms with Crippen LogP contribution in [0, 0.1) is 18.3 Å². The molecule has 0 spiro atoms. The molecule has 2 N–H and O–H groups in total. The van der Waals surface area contributed by atoms with E-state index in [4.69, 9.17) is 11.0 Å². The maximum atomic E-state index is 8.51. The molecule has 1 unspecified atom stereocenters. The van der Waals surface area contributed by atoms with Gasteiger partial charge >= 0.3 is 0 Å². The van der Waals surface area contributed by atoms with E-state index in [0.717, 1.165) is 11.3 Å². The van der Waals surface area contributed by atoms with Crippen molar-refractivity contribution in [1.29, 1.82) is 5.26 Å². The van der Waals surface area contributed by atoms with Crippen molar-refractivity contribution in [3.05, 3.63) is 17.5 Å². The maximum Gasteiger partial charge on any atom is 0.122 e. The lowest BCUT2D eigenvalue weighted by Gasteiger charge is -2.00. The average molecular weight is 150 g/mol. The zero-order chi connectivity index (χ0) is 8.43. The third kappa shape index (κ3) is 1.23. The molecule has 0 radical (unpaired) electrons. The van der Waals surface area contributed by atoms with Gasteiger partial charge in [-0.1, -0.05) is 0 Å². The lowest BCUT2D eigenvalue weighted by Crippen LogP contribution is -2.08. The van der Waals surface area contributed by atoms with Gasteiger partial charge in [0.05, 0.1) is 12.3 Å². The largest absolute Gasteiger partial charge is 0.312 e. The lowest BCUT2D eigenvalue weighted by molar-refractivity contribution is 0.735. The Morgan fingerprint density at radius 3 is 2.82 bits per heavy atom. The van der Waals surface area contributed by atoms with E-state index in [0.29, 0.717) is 0 Å². The molecular formula is C7H10N4. The van der Waals surface area contributed by atoms with Gasteiger partial charge in [-0.2, -0.15) is 10.4 Å². The Balaban J connectivity index is 3.07. The Labute approximate surface area is 65.2 Å². The second kappa shape index (κ2) is 2.72. The average Bonchev–Trinajstić information content (AvgIpc) is 2.32. The molecule has 0 amide bonds.